The van der Waals surface area contributed by atoms with Crippen LogP contribution in [-0.2, 0) is 14.8 Å². The first-order chi connectivity index (χ1) is 20.3. The van der Waals surface area contributed by atoms with Gasteiger partial charge in [0, 0.05) is 17.8 Å². The van der Waals surface area contributed by atoms with E-state index in [0.29, 0.717) is 40.5 Å². The van der Waals surface area contributed by atoms with Crippen molar-refractivity contribution in [1.29, 1.82) is 0 Å². The minimum Gasteiger partial charge on any atom is -0.383 e. The smallest absolute Gasteiger partial charge is 0.264 e. The average Bonchev–Trinajstić information content (AvgIpc) is 3.72. The Hall–Kier alpha value is -3.61. The van der Waals surface area contributed by atoms with Gasteiger partial charge in [-0.1, -0.05) is 18.2 Å². The number of pyridine rings is 1. The third-order valence-electron chi connectivity index (χ3n) is 8.56. The first-order valence-electron chi connectivity index (χ1n) is 14.4. The number of anilines is 2. The molecule has 2 saturated carbocycles. The van der Waals surface area contributed by atoms with E-state index in [1.165, 1.54) is 24.3 Å². The average molecular weight is 595 g/mol. The summed E-state index contributed by atoms with van der Waals surface area (Å²) >= 11 is 0. The molecular formula is C30H32F2N6O3S. The van der Waals surface area contributed by atoms with Crippen molar-refractivity contribution in [2.75, 3.05) is 23.7 Å². The molecule has 220 valence electrons. The lowest BCUT2D eigenvalue weighted by Gasteiger charge is -2.35. The zero-order chi connectivity index (χ0) is 29.0. The molecule has 12 heteroatoms. The van der Waals surface area contributed by atoms with Gasteiger partial charge in [0.1, 0.15) is 28.0 Å². The van der Waals surface area contributed by atoms with E-state index >= 15 is 4.39 Å². The second-order valence-corrected chi connectivity index (χ2v) is 13.2. The lowest BCUT2D eigenvalue weighted by Crippen LogP contribution is -2.51. The third-order valence-corrected chi connectivity index (χ3v) is 9.96. The number of sulfonamides is 1. The van der Waals surface area contributed by atoms with Crippen LogP contribution in [-0.4, -0.2) is 48.5 Å². The third kappa shape index (κ3) is 5.01. The SMILES string of the molecule is Nc1ncc([C@H]2CC[C@H](NC3COC3)CC2)c2c1c(-c1ccc(NS(=O)(=O)c3ccccc3F)c(F)c1)nn2C1CC1. The summed E-state index contributed by atoms with van der Waals surface area (Å²) in [7, 11) is -4.34. The second-order valence-electron chi connectivity index (χ2n) is 11.5. The van der Waals surface area contributed by atoms with Crippen LogP contribution < -0.4 is 15.8 Å². The predicted molar refractivity (Wildman–Crippen MR) is 156 cm³/mol. The van der Waals surface area contributed by atoms with Crippen molar-refractivity contribution in [2.45, 2.75) is 67.5 Å². The summed E-state index contributed by atoms with van der Waals surface area (Å²) in [4.78, 5) is 3.99. The molecule has 1 saturated heterocycles. The van der Waals surface area contributed by atoms with Crippen LogP contribution in [0.4, 0.5) is 20.3 Å². The van der Waals surface area contributed by atoms with Crippen LogP contribution in [0.3, 0.4) is 0 Å². The molecule has 0 unspecified atom stereocenters. The molecule has 2 aromatic carbocycles. The van der Waals surface area contributed by atoms with Crippen LogP contribution in [0.1, 0.15) is 56.0 Å². The molecule has 0 radical (unpaired) electrons. The van der Waals surface area contributed by atoms with Crippen molar-refractivity contribution in [1.82, 2.24) is 20.1 Å². The van der Waals surface area contributed by atoms with E-state index in [1.54, 1.807) is 6.07 Å². The molecule has 42 heavy (non-hydrogen) atoms. The Morgan fingerprint density at radius 2 is 1.71 bits per heavy atom. The number of ether oxygens (including phenoxy) is 1. The van der Waals surface area contributed by atoms with Crippen molar-refractivity contribution in [3.05, 3.63) is 65.9 Å². The maximum Gasteiger partial charge on any atom is 0.264 e. The number of nitrogen functional groups attached to an aromatic ring is 1. The summed E-state index contributed by atoms with van der Waals surface area (Å²) < 4.78 is 64.5. The van der Waals surface area contributed by atoms with Crippen molar-refractivity contribution in [2.24, 2.45) is 0 Å². The molecule has 2 aliphatic carbocycles. The lowest BCUT2D eigenvalue weighted by molar-refractivity contribution is -0.0121. The Kier molecular flexibility index (Phi) is 6.87. The highest BCUT2D eigenvalue weighted by Crippen LogP contribution is 2.45. The number of fused-ring (bicyclic) bond motifs is 1. The molecule has 4 aromatic rings. The largest absolute Gasteiger partial charge is 0.383 e. The molecule has 3 fully saturated rings. The molecule has 4 N–H and O–H groups in total. The Morgan fingerprint density at radius 3 is 2.38 bits per heavy atom. The van der Waals surface area contributed by atoms with Crippen molar-refractivity contribution >= 4 is 32.4 Å². The van der Waals surface area contributed by atoms with Crippen LogP contribution in [0, 0.1) is 11.6 Å². The van der Waals surface area contributed by atoms with Gasteiger partial charge in [0.15, 0.2) is 0 Å². The zero-order valence-electron chi connectivity index (χ0n) is 22.9. The highest BCUT2D eigenvalue weighted by molar-refractivity contribution is 7.92. The molecule has 0 atom stereocenters. The monoisotopic (exact) mass is 594 g/mol. The molecule has 0 bridgehead atoms. The van der Waals surface area contributed by atoms with E-state index in [-0.39, 0.29) is 11.7 Å². The van der Waals surface area contributed by atoms with E-state index in [0.717, 1.165) is 75.0 Å². The van der Waals surface area contributed by atoms with E-state index in [1.807, 2.05) is 10.9 Å². The van der Waals surface area contributed by atoms with Gasteiger partial charge in [-0.15, -0.1) is 0 Å². The minimum atomic E-state index is -4.34. The van der Waals surface area contributed by atoms with Gasteiger partial charge in [0.25, 0.3) is 10.0 Å². The van der Waals surface area contributed by atoms with Gasteiger partial charge in [-0.3, -0.25) is 9.40 Å². The van der Waals surface area contributed by atoms with Crippen molar-refractivity contribution < 1.29 is 21.9 Å². The minimum absolute atomic E-state index is 0.245. The number of nitrogens with zero attached hydrogens (tertiary/aromatic N) is 3. The normalized spacial score (nSPS) is 21.4. The molecule has 0 spiro atoms. The predicted octanol–water partition coefficient (Wildman–Crippen LogP) is 5.11. The summed E-state index contributed by atoms with van der Waals surface area (Å²) in [5.74, 6) is -1.10. The van der Waals surface area contributed by atoms with Crippen molar-refractivity contribution in [3.8, 4) is 11.3 Å². The van der Waals surface area contributed by atoms with E-state index in [2.05, 4.69) is 15.0 Å². The van der Waals surface area contributed by atoms with Gasteiger partial charge in [0.2, 0.25) is 0 Å². The fraction of sp³-hybridized carbons (Fsp3) is 0.400. The molecule has 2 aromatic heterocycles. The standard InChI is InChI=1S/C30H32F2N6O3S/c31-23-3-1-2-4-26(23)42(39,40)37-25-12-7-18(13-24(25)32)28-27-29(38(36-28)21-10-11-21)22(14-34-30(27)33)17-5-8-19(9-6-17)35-20-15-41-16-20/h1-4,7,12-14,17,19-21,35,37H,5-6,8-11,15-16H2,(H2,33,34)/t17-,19-. The number of halogens is 2. The summed E-state index contributed by atoms with van der Waals surface area (Å²) in [6.07, 6.45) is 8.04. The topological polar surface area (TPSA) is 124 Å². The van der Waals surface area contributed by atoms with E-state index in [4.69, 9.17) is 15.6 Å². The fourth-order valence-corrected chi connectivity index (χ4v) is 7.29. The Balaban J connectivity index is 1.21. The maximum absolute atomic E-state index is 15.4. The molecule has 7 rings (SSSR count). The van der Waals surface area contributed by atoms with Gasteiger partial charge in [-0.25, -0.2) is 22.2 Å². The molecule has 1 aliphatic heterocycles. The van der Waals surface area contributed by atoms with E-state index in [9.17, 15) is 12.8 Å². The van der Waals surface area contributed by atoms with Crippen LogP contribution in [0.5, 0.6) is 0 Å². The first-order valence-corrected chi connectivity index (χ1v) is 15.8. The second kappa shape index (κ2) is 10.6. The number of nitrogens with two attached hydrogens (primary N) is 1. The van der Waals surface area contributed by atoms with Crippen LogP contribution in [0.15, 0.2) is 53.6 Å². The van der Waals surface area contributed by atoms with Crippen LogP contribution >= 0.6 is 0 Å². The summed E-state index contributed by atoms with van der Waals surface area (Å²) in [6.45, 7) is 1.57. The number of nitrogens with one attached hydrogen (secondary N) is 2. The number of hydrogen-bond acceptors (Lipinski definition) is 7. The Labute approximate surface area is 242 Å². The molecule has 0 amide bonds. The number of benzene rings is 2. The van der Waals surface area contributed by atoms with Gasteiger partial charge < -0.3 is 15.8 Å². The van der Waals surface area contributed by atoms with E-state index < -0.39 is 26.6 Å². The highest BCUT2D eigenvalue weighted by atomic mass is 32.2. The lowest BCUT2D eigenvalue weighted by atomic mass is 9.81. The first kappa shape index (κ1) is 27.2. The number of hydrogen-bond donors (Lipinski definition) is 3. The van der Waals surface area contributed by atoms with Crippen LogP contribution in [0.25, 0.3) is 22.2 Å². The maximum atomic E-state index is 15.4. The summed E-state index contributed by atoms with van der Waals surface area (Å²) in [5, 5.41) is 9.32. The number of aromatic nitrogens is 3. The van der Waals surface area contributed by atoms with Crippen molar-refractivity contribution in [3.63, 3.8) is 0 Å². The van der Waals surface area contributed by atoms with Crippen LogP contribution in [0.2, 0.25) is 0 Å². The fourth-order valence-electron chi connectivity index (χ4n) is 6.15. The molecule has 9 nitrogen and oxygen atoms in total. The van der Waals surface area contributed by atoms with Gasteiger partial charge >= 0.3 is 0 Å². The molecule has 3 aliphatic rings. The van der Waals surface area contributed by atoms with Gasteiger partial charge in [-0.05, 0) is 74.3 Å². The molecule has 3 heterocycles. The van der Waals surface area contributed by atoms with Gasteiger partial charge in [-0.2, -0.15) is 5.10 Å². The Bertz CT molecular complexity index is 1760. The molecular weight excluding hydrogens is 562 g/mol. The summed E-state index contributed by atoms with van der Waals surface area (Å²) in [6, 6.07) is 10.3. The summed E-state index contributed by atoms with van der Waals surface area (Å²) in [5.41, 5.74) is 9.18. The highest BCUT2D eigenvalue weighted by Gasteiger charge is 2.33. The number of rotatable bonds is 8. The van der Waals surface area contributed by atoms with Gasteiger partial charge in [0.05, 0.1) is 41.9 Å². The Morgan fingerprint density at radius 1 is 0.952 bits per heavy atom. The zero-order valence-corrected chi connectivity index (χ0v) is 23.7. The quantitative estimate of drug-likeness (QED) is 0.259.